The second kappa shape index (κ2) is 6.66. The Balaban J connectivity index is 1.40. The Morgan fingerprint density at radius 3 is 2.96 bits per heavy atom. The quantitative estimate of drug-likeness (QED) is 0.786. The van der Waals surface area contributed by atoms with Gasteiger partial charge in [-0.25, -0.2) is 13.1 Å². The molecule has 1 aromatic heterocycles. The van der Waals surface area contributed by atoms with Gasteiger partial charge in [0.15, 0.2) is 9.84 Å². The van der Waals surface area contributed by atoms with Gasteiger partial charge in [-0.1, -0.05) is 17.3 Å². The van der Waals surface area contributed by atoms with Gasteiger partial charge in [0.2, 0.25) is 5.91 Å². The number of benzene rings is 1. The Hall–Kier alpha value is -1.96. The highest BCUT2D eigenvalue weighted by Crippen LogP contribution is 2.21. The van der Waals surface area contributed by atoms with Gasteiger partial charge < -0.3 is 5.32 Å². The molecule has 1 aliphatic rings. The Morgan fingerprint density at radius 1 is 1.35 bits per heavy atom. The first-order valence-corrected chi connectivity index (χ1v) is 9.61. The van der Waals surface area contributed by atoms with Crippen LogP contribution in [-0.4, -0.2) is 47.4 Å². The lowest BCUT2D eigenvalue weighted by atomic mass is 10.1. The highest BCUT2D eigenvalue weighted by atomic mass is 32.2. The summed E-state index contributed by atoms with van der Waals surface area (Å²) in [6.45, 7) is 1.23. The molecular formula is C15H20N4O3S. The van der Waals surface area contributed by atoms with E-state index in [0.29, 0.717) is 25.9 Å². The number of fused-ring (bicyclic) bond motifs is 1. The molecular weight excluding hydrogens is 316 g/mol. The van der Waals surface area contributed by atoms with Crippen molar-refractivity contribution in [1.29, 1.82) is 0 Å². The predicted octanol–water partition coefficient (Wildman–Crippen LogP) is 0.762. The van der Waals surface area contributed by atoms with E-state index in [0.717, 1.165) is 17.5 Å². The van der Waals surface area contributed by atoms with Gasteiger partial charge in [-0.2, -0.15) is 0 Å². The molecule has 23 heavy (non-hydrogen) atoms. The van der Waals surface area contributed by atoms with Crippen LogP contribution in [0.4, 0.5) is 0 Å². The number of rotatable bonds is 6. The summed E-state index contributed by atoms with van der Waals surface area (Å²) in [7, 11) is -2.92. The van der Waals surface area contributed by atoms with Gasteiger partial charge in [0, 0.05) is 19.5 Å². The number of para-hydroxylation sites is 1. The molecule has 0 spiro atoms. The monoisotopic (exact) mass is 336 g/mol. The van der Waals surface area contributed by atoms with Crippen molar-refractivity contribution in [3.8, 4) is 0 Å². The second-order valence-electron chi connectivity index (χ2n) is 5.98. The molecule has 8 heteroatoms. The van der Waals surface area contributed by atoms with Crippen LogP contribution < -0.4 is 5.32 Å². The SMILES string of the molecule is O=C(C[C@H]1CCS(=O)(=O)C1)NCCCn1nnc2ccccc21. The molecule has 1 saturated heterocycles. The molecule has 1 atom stereocenters. The van der Waals surface area contributed by atoms with E-state index in [4.69, 9.17) is 0 Å². The Kier molecular flexibility index (Phi) is 4.61. The molecule has 2 heterocycles. The topological polar surface area (TPSA) is 94.0 Å². The largest absolute Gasteiger partial charge is 0.356 e. The van der Waals surface area contributed by atoms with Crippen molar-refractivity contribution in [2.24, 2.45) is 5.92 Å². The van der Waals surface area contributed by atoms with Gasteiger partial charge in [0.1, 0.15) is 5.52 Å². The van der Waals surface area contributed by atoms with E-state index < -0.39 is 9.84 Å². The van der Waals surface area contributed by atoms with E-state index >= 15 is 0 Å². The zero-order chi connectivity index (χ0) is 16.3. The number of aryl methyl sites for hydroxylation is 1. The van der Waals surface area contributed by atoms with Gasteiger partial charge in [0.05, 0.1) is 17.0 Å². The van der Waals surface area contributed by atoms with Crippen molar-refractivity contribution in [1.82, 2.24) is 20.3 Å². The van der Waals surface area contributed by atoms with Crippen LogP contribution in [0.25, 0.3) is 11.0 Å². The van der Waals surface area contributed by atoms with Crippen LogP contribution in [-0.2, 0) is 21.2 Å². The first kappa shape index (κ1) is 15.9. The predicted molar refractivity (Wildman–Crippen MR) is 86.5 cm³/mol. The smallest absolute Gasteiger partial charge is 0.220 e. The summed E-state index contributed by atoms with van der Waals surface area (Å²) in [5.41, 5.74) is 1.84. The number of aromatic nitrogens is 3. The van der Waals surface area contributed by atoms with Crippen molar-refractivity contribution in [3.63, 3.8) is 0 Å². The molecule has 1 amide bonds. The zero-order valence-electron chi connectivity index (χ0n) is 12.8. The molecule has 0 radical (unpaired) electrons. The third-order valence-electron chi connectivity index (χ3n) is 4.09. The summed E-state index contributed by atoms with van der Waals surface area (Å²) in [5.74, 6) is 0.255. The van der Waals surface area contributed by atoms with Crippen molar-refractivity contribution in [2.75, 3.05) is 18.1 Å². The maximum atomic E-state index is 11.8. The van der Waals surface area contributed by atoms with Gasteiger partial charge in [-0.15, -0.1) is 5.10 Å². The summed E-state index contributed by atoms with van der Waals surface area (Å²) in [5, 5.41) is 11.0. The van der Waals surface area contributed by atoms with Crippen molar-refractivity contribution in [2.45, 2.75) is 25.8 Å². The lowest BCUT2D eigenvalue weighted by Gasteiger charge is -2.08. The van der Waals surface area contributed by atoms with Crippen LogP contribution in [0, 0.1) is 5.92 Å². The number of carbonyl (C=O) groups excluding carboxylic acids is 1. The number of amides is 1. The minimum atomic E-state index is -2.92. The lowest BCUT2D eigenvalue weighted by molar-refractivity contribution is -0.121. The minimum absolute atomic E-state index is 0.0285. The Labute approximate surface area is 135 Å². The van der Waals surface area contributed by atoms with Crippen molar-refractivity contribution >= 4 is 26.8 Å². The molecule has 0 aliphatic carbocycles. The van der Waals surface area contributed by atoms with E-state index in [1.165, 1.54) is 0 Å². The minimum Gasteiger partial charge on any atom is -0.356 e. The van der Waals surface area contributed by atoms with Crippen molar-refractivity contribution < 1.29 is 13.2 Å². The highest BCUT2D eigenvalue weighted by molar-refractivity contribution is 7.91. The number of sulfone groups is 1. The molecule has 7 nitrogen and oxygen atoms in total. The van der Waals surface area contributed by atoms with Gasteiger partial charge in [-0.3, -0.25) is 4.79 Å². The molecule has 2 aromatic rings. The van der Waals surface area contributed by atoms with Crippen LogP contribution >= 0.6 is 0 Å². The number of hydrogen-bond donors (Lipinski definition) is 1. The van der Waals surface area contributed by atoms with Gasteiger partial charge in [0.25, 0.3) is 0 Å². The molecule has 3 rings (SSSR count). The fourth-order valence-electron chi connectivity index (χ4n) is 2.91. The van der Waals surface area contributed by atoms with Crippen LogP contribution in [0.5, 0.6) is 0 Å². The van der Waals surface area contributed by atoms with E-state index in [2.05, 4.69) is 15.6 Å². The number of carbonyl (C=O) groups is 1. The maximum absolute atomic E-state index is 11.8. The molecule has 124 valence electrons. The fourth-order valence-corrected chi connectivity index (χ4v) is 4.77. The van der Waals surface area contributed by atoms with E-state index in [9.17, 15) is 13.2 Å². The lowest BCUT2D eigenvalue weighted by Crippen LogP contribution is -2.27. The van der Waals surface area contributed by atoms with Crippen LogP contribution in [0.15, 0.2) is 24.3 Å². The number of nitrogens with zero attached hydrogens (tertiary/aromatic N) is 3. The third-order valence-corrected chi connectivity index (χ3v) is 5.93. The maximum Gasteiger partial charge on any atom is 0.220 e. The molecule has 1 N–H and O–H groups in total. The summed E-state index contributed by atoms with van der Waals surface area (Å²) in [6, 6.07) is 7.75. The van der Waals surface area contributed by atoms with Crippen LogP contribution in [0.3, 0.4) is 0 Å². The van der Waals surface area contributed by atoms with E-state index in [-0.39, 0.29) is 23.3 Å². The summed E-state index contributed by atoms with van der Waals surface area (Å²) < 4.78 is 24.6. The number of nitrogens with one attached hydrogen (secondary N) is 1. The molecule has 1 aromatic carbocycles. The second-order valence-corrected chi connectivity index (χ2v) is 8.21. The normalized spacial score (nSPS) is 19.9. The fraction of sp³-hybridized carbons (Fsp3) is 0.533. The molecule has 1 fully saturated rings. The van der Waals surface area contributed by atoms with E-state index in [1.807, 2.05) is 28.9 Å². The molecule has 0 saturated carbocycles. The third kappa shape index (κ3) is 4.07. The summed E-state index contributed by atoms with van der Waals surface area (Å²) in [4.78, 5) is 11.8. The van der Waals surface area contributed by atoms with Gasteiger partial charge >= 0.3 is 0 Å². The molecule has 1 aliphatic heterocycles. The standard InChI is InChI=1S/C15H20N4O3S/c20-15(10-12-6-9-23(21,22)11-12)16-7-3-8-19-14-5-2-1-4-13(14)17-18-19/h1-2,4-5,12H,3,6-11H2,(H,16,20)/t12-/m1/s1. The Morgan fingerprint density at radius 2 is 2.17 bits per heavy atom. The average Bonchev–Trinajstić information content (AvgIpc) is 3.07. The first-order chi connectivity index (χ1) is 11.0. The Bertz CT molecular complexity index is 800. The first-order valence-electron chi connectivity index (χ1n) is 7.79. The highest BCUT2D eigenvalue weighted by Gasteiger charge is 2.29. The summed E-state index contributed by atoms with van der Waals surface area (Å²) in [6.07, 6.45) is 1.65. The molecule has 0 unspecified atom stereocenters. The van der Waals surface area contributed by atoms with Crippen LogP contribution in [0.1, 0.15) is 19.3 Å². The average molecular weight is 336 g/mol. The number of hydrogen-bond acceptors (Lipinski definition) is 5. The van der Waals surface area contributed by atoms with Gasteiger partial charge in [-0.05, 0) is 30.9 Å². The van der Waals surface area contributed by atoms with E-state index in [1.54, 1.807) is 0 Å². The summed E-state index contributed by atoms with van der Waals surface area (Å²) >= 11 is 0. The zero-order valence-corrected chi connectivity index (χ0v) is 13.6. The van der Waals surface area contributed by atoms with Crippen LogP contribution in [0.2, 0.25) is 0 Å². The van der Waals surface area contributed by atoms with Crippen molar-refractivity contribution in [3.05, 3.63) is 24.3 Å². The molecule has 0 bridgehead atoms.